The van der Waals surface area contributed by atoms with Crippen molar-refractivity contribution in [2.24, 2.45) is 0 Å². The summed E-state index contributed by atoms with van der Waals surface area (Å²) in [5, 5.41) is 0. The van der Waals surface area contributed by atoms with E-state index in [4.69, 9.17) is 0 Å². The number of hydrogen-bond donors (Lipinski definition) is 0. The van der Waals surface area contributed by atoms with Crippen LogP contribution in [0.2, 0.25) is 0 Å². The molecule has 1 aromatic rings. The van der Waals surface area contributed by atoms with Gasteiger partial charge in [-0.05, 0) is 47.6 Å². The maximum Gasteiger partial charge on any atom is 0.250 e. The molecule has 2 aliphatic heterocycles. The molecule has 2 amide bonds. The lowest BCUT2D eigenvalue weighted by molar-refractivity contribution is -0.140. The Kier molecular flexibility index (Phi) is 3.01. The van der Waals surface area contributed by atoms with E-state index in [1.165, 1.54) is 0 Å². The molecule has 18 heavy (non-hydrogen) atoms. The second kappa shape index (κ2) is 4.53. The number of halogens is 1. The first-order valence-electron chi connectivity index (χ1n) is 6.04. The van der Waals surface area contributed by atoms with E-state index in [-0.39, 0.29) is 24.4 Å². The molecule has 0 bridgehead atoms. The Morgan fingerprint density at radius 3 is 2.78 bits per heavy atom. The van der Waals surface area contributed by atoms with Crippen LogP contribution in [0.1, 0.15) is 12.8 Å². The van der Waals surface area contributed by atoms with E-state index in [2.05, 4.69) is 22.6 Å². The number of carbonyl (C=O) groups is 2. The zero-order chi connectivity index (χ0) is 12.7. The third-order valence-corrected chi connectivity index (χ3v) is 4.47. The Morgan fingerprint density at radius 1 is 1.22 bits per heavy atom. The monoisotopic (exact) mass is 356 g/mol. The number of rotatable bonds is 1. The van der Waals surface area contributed by atoms with Gasteiger partial charge in [0.25, 0.3) is 0 Å². The Morgan fingerprint density at radius 2 is 2.00 bits per heavy atom. The highest BCUT2D eigenvalue weighted by Gasteiger charge is 2.42. The van der Waals surface area contributed by atoms with Gasteiger partial charge in [-0.1, -0.05) is 12.1 Å². The molecule has 1 atom stereocenters. The van der Waals surface area contributed by atoms with Gasteiger partial charge in [0.05, 0.1) is 5.69 Å². The smallest absolute Gasteiger partial charge is 0.250 e. The van der Waals surface area contributed by atoms with Crippen LogP contribution in [0.4, 0.5) is 5.69 Å². The summed E-state index contributed by atoms with van der Waals surface area (Å²) in [5.41, 5.74) is 0.850. The number of para-hydroxylation sites is 1. The van der Waals surface area contributed by atoms with E-state index < -0.39 is 0 Å². The highest BCUT2D eigenvalue weighted by Crippen LogP contribution is 2.29. The fourth-order valence-electron chi connectivity index (χ4n) is 2.68. The molecule has 2 heterocycles. The van der Waals surface area contributed by atoms with Crippen LogP contribution in [0.25, 0.3) is 0 Å². The maximum atomic E-state index is 12.4. The van der Waals surface area contributed by atoms with Crippen LogP contribution in [-0.4, -0.2) is 35.8 Å². The summed E-state index contributed by atoms with van der Waals surface area (Å²) in [4.78, 5) is 27.8. The Labute approximate surface area is 119 Å². The third-order valence-electron chi connectivity index (χ3n) is 3.56. The molecular formula is C13H13IN2O2. The topological polar surface area (TPSA) is 40.6 Å². The van der Waals surface area contributed by atoms with Crippen LogP contribution in [0, 0.1) is 3.57 Å². The first-order chi connectivity index (χ1) is 8.68. The molecule has 2 fully saturated rings. The average molecular weight is 356 g/mol. The van der Waals surface area contributed by atoms with Gasteiger partial charge in [-0.3, -0.25) is 9.59 Å². The summed E-state index contributed by atoms with van der Waals surface area (Å²) in [7, 11) is 0. The molecule has 0 radical (unpaired) electrons. The first kappa shape index (κ1) is 12.0. The number of nitrogens with zero attached hydrogens (tertiary/aromatic N) is 2. The number of piperazine rings is 1. The van der Waals surface area contributed by atoms with Gasteiger partial charge in [-0.15, -0.1) is 0 Å². The fourth-order valence-corrected chi connectivity index (χ4v) is 3.36. The lowest BCUT2D eigenvalue weighted by Gasteiger charge is -2.36. The normalized spacial score (nSPS) is 23.5. The van der Waals surface area contributed by atoms with Crippen LogP contribution >= 0.6 is 22.6 Å². The van der Waals surface area contributed by atoms with E-state index >= 15 is 0 Å². The van der Waals surface area contributed by atoms with Crippen LogP contribution in [0.15, 0.2) is 24.3 Å². The minimum atomic E-state index is -0.234. The summed E-state index contributed by atoms with van der Waals surface area (Å²) < 4.78 is 1.00. The van der Waals surface area contributed by atoms with E-state index in [0.717, 1.165) is 28.6 Å². The van der Waals surface area contributed by atoms with Crippen molar-refractivity contribution in [1.82, 2.24) is 4.90 Å². The zero-order valence-corrected chi connectivity index (χ0v) is 12.0. The van der Waals surface area contributed by atoms with Crippen molar-refractivity contribution >= 4 is 40.1 Å². The standard InChI is InChI=1S/C13H13IN2O2/c14-9-4-1-2-5-10(9)16-8-12(17)15-7-3-6-11(15)13(16)18/h1-2,4-5,11H,3,6-8H2. The zero-order valence-electron chi connectivity index (χ0n) is 9.80. The van der Waals surface area contributed by atoms with E-state index in [1.807, 2.05) is 24.3 Å². The third kappa shape index (κ3) is 1.81. The van der Waals surface area contributed by atoms with Crippen molar-refractivity contribution in [3.63, 3.8) is 0 Å². The molecule has 1 unspecified atom stereocenters. The minimum absolute atomic E-state index is 0.0659. The van der Waals surface area contributed by atoms with Gasteiger partial charge in [0.15, 0.2) is 0 Å². The number of carbonyl (C=O) groups excluding carboxylic acids is 2. The van der Waals surface area contributed by atoms with Crippen molar-refractivity contribution in [3.8, 4) is 0 Å². The fraction of sp³-hybridized carbons (Fsp3) is 0.385. The predicted molar refractivity (Wildman–Crippen MR) is 76.2 cm³/mol. The summed E-state index contributed by atoms with van der Waals surface area (Å²) in [6, 6.07) is 7.45. The Bertz CT molecular complexity index is 517. The number of benzene rings is 1. The van der Waals surface area contributed by atoms with Crippen LogP contribution in [0.5, 0.6) is 0 Å². The first-order valence-corrected chi connectivity index (χ1v) is 7.12. The lowest BCUT2D eigenvalue weighted by Crippen LogP contribution is -2.57. The molecule has 0 aromatic heterocycles. The SMILES string of the molecule is O=C1C2CCCN2C(=O)CN1c1ccccc1I. The van der Waals surface area contributed by atoms with Crippen LogP contribution in [0.3, 0.4) is 0 Å². The quantitative estimate of drug-likeness (QED) is 0.718. The van der Waals surface area contributed by atoms with Crippen molar-refractivity contribution < 1.29 is 9.59 Å². The highest BCUT2D eigenvalue weighted by atomic mass is 127. The maximum absolute atomic E-state index is 12.4. The molecule has 0 aliphatic carbocycles. The largest absolute Gasteiger partial charge is 0.329 e. The van der Waals surface area contributed by atoms with Gasteiger partial charge in [0.2, 0.25) is 11.8 Å². The summed E-state index contributed by atoms with van der Waals surface area (Å²) >= 11 is 2.20. The molecule has 2 aliphatic rings. The molecule has 0 saturated carbocycles. The Balaban J connectivity index is 1.96. The number of amides is 2. The molecular weight excluding hydrogens is 343 g/mol. The van der Waals surface area contributed by atoms with Gasteiger partial charge in [-0.25, -0.2) is 0 Å². The molecule has 0 N–H and O–H groups in total. The molecule has 2 saturated heterocycles. The van der Waals surface area contributed by atoms with Crippen molar-refractivity contribution in [3.05, 3.63) is 27.8 Å². The van der Waals surface area contributed by atoms with E-state index in [9.17, 15) is 9.59 Å². The van der Waals surface area contributed by atoms with Gasteiger partial charge in [0.1, 0.15) is 12.6 Å². The molecule has 0 spiro atoms. The summed E-state index contributed by atoms with van der Waals surface area (Å²) in [5.74, 6) is 0.132. The van der Waals surface area contributed by atoms with Crippen LogP contribution < -0.4 is 4.90 Å². The van der Waals surface area contributed by atoms with Crippen molar-refractivity contribution in [2.75, 3.05) is 18.0 Å². The molecule has 4 nitrogen and oxygen atoms in total. The number of fused-ring (bicyclic) bond motifs is 1. The Hall–Kier alpha value is -1.11. The molecule has 1 aromatic carbocycles. The second-order valence-corrected chi connectivity index (χ2v) is 5.78. The molecule has 3 rings (SSSR count). The van der Waals surface area contributed by atoms with Gasteiger partial charge in [0, 0.05) is 10.1 Å². The number of hydrogen-bond acceptors (Lipinski definition) is 2. The van der Waals surface area contributed by atoms with Crippen molar-refractivity contribution in [2.45, 2.75) is 18.9 Å². The summed E-state index contributed by atoms with van der Waals surface area (Å²) in [6.45, 7) is 0.907. The lowest BCUT2D eigenvalue weighted by atomic mass is 10.1. The van der Waals surface area contributed by atoms with Gasteiger partial charge in [-0.2, -0.15) is 0 Å². The minimum Gasteiger partial charge on any atom is -0.329 e. The molecule has 5 heteroatoms. The summed E-state index contributed by atoms with van der Waals surface area (Å²) in [6.07, 6.45) is 1.73. The van der Waals surface area contributed by atoms with Crippen LogP contribution in [-0.2, 0) is 9.59 Å². The van der Waals surface area contributed by atoms with E-state index in [0.29, 0.717) is 0 Å². The predicted octanol–water partition coefficient (Wildman–Crippen LogP) is 1.63. The average Bonchev–Trinajstić information content (AvgIpc) is 2.85. The van der Waals surface area contributed by atoms with Gasteiger partial charge >= 0.3 is 0 Å². The van der Waals surface area contributed by atoms with Crippen molar-refractivity contribution in [1.29, 1.82) is 0 Å². The van der Waals surface area contributed by atoms with Gasteiger partial charge < -0.3 is 9.80 Å². The second-order valence-electron chi connectivity index (χ2n) is 4.62. The molecule has 94 valence electrons. The van der Waals surface area contributed by atoms with E-state index in [1.54, 1.807) is 9.80 Å². The highest BCUT2D eigenvalue weighted by molar-refractivity contribution is 14.1. The number of anilines is 1.